The summed E-state index contributed by atoms with van der Waals surface area (Å²) >= 11 is 0. The standard InChI is InChI=1S/C37H44O2Si2/c1-37(2,31-19-11-17-27-25-13-7-9-15-29(25)35(33(27)31)40(3,4)23-21-38)32-20-12-18-28-26-14-8-10-16-30(26)36(34(28)32)41(5,6)24-22-39/h7-20,35-36,38-39H,21-24H2,1-6H3. The summed E-state index contributed by atoms with van der Waals surface area (Å²) in [5.41, 5.74) is 14.6. The Morgan fingerprint density at radius 1 is 0.537 bits per heavy atom. The fourth-order valence-electron chi connectivity index (χ4n) is 8.24. The zero-order valence-electron chi connectivity index (χ0n) is 25.5. The van der Waals surface area contributed by atoms with Crippen LogP contribution in [0.2, 0.25) is 38.3 Å². The number of benzene rings is 4. The third-order valence-electron chi connectivity index (χ3n) is 10.3. The second kappa shape index (κ2) is 10.2. The topological polar surface area (TPSA) is 40.5 Å². The van der Waals surface area contributed by atoms with Crippen LogP contribution >= 0.6 is 0 Å². The van der Waals surface area contributed by atoms with Crippen molar-refractivity contribution in [3.8, 4) is 22.3 Å². The third-order valence-corrected chi connectivity index (χ3v) is 17.7. The molecule has 41 heavy (non-hydrogen) atoms. The van der Waals surface area contributed by atoms with E-state index < -0.39 is 16.1 Å². The van der Waals surface area contributed by atoms with E-state index in [1.807, 2.05) is 0 Å². The molecule has 0 aromatic heterocycles. The Kier molecular flexibility index (Phi) is 7.05. The van der Waals surface area contributed by atoms with Crippen molar-refractivity contribution in [2.45, 2.75) is 68.6 Å². The van der Waals surface area contributed by atoms with Crippen molar-refractivity contribution in [3.05, 3.63) is 118 Å². The van der Waals surface area contributed by atoms with Crippen molar-refractivity contribution in [1.82, 2.24) is 0 Å². The van der Waals surface area contributed by atoms with Gasteiger partial charge in [0.2, 0.25) is 0 Å². The lowest BCUT2D eigenvalue weighted by atomic mass is 9.72. The van der Waals surface area contributed by atoms with Gasteiger partial charge in [-0.2, -0.15) is 0 Å². The molecule has 0 bridgehead atoms. The quantitative estimate of drug-likeness (QED) is 0.206. The Hall–Kier alpha value is -2.77. The summed E-state index contributed by atoms with van der Waals surface area (Å²) in [6.07, 6.45) is 0. The van der Waals surface area contributed by atoms with Crippen LogP contribution in [0.25, 0.3) is 22.3 Å². The number of hydrogen-bond donors (Lipinski definition) is 2. The van der Waals surface area contributed by atoms with E-state index in [1.165, 1.54) is 55.6 Å². The Labute approximate surface area is 248 Å². The van der Waals surface area contributed by atoms with Crippen LogP contribution in [0, 0.1) is 0 Å². The van der Waals surface area contributed by atoms with Crippen molar-refractivity contribution in [3.63, 3.8) is 0 Å². The van der Waals surface area contributed by atoms with Gasteiger partial charge in [-0.15, -0.1) is 0 Å². The summed E-state index contributed by atoms with van der Waals surface area (Å²) in [7, 11) is -3.76. The van der Waals surface area contributed by atoms with E-state index in [0.717, 1.165) is 12.1 Å². The minimum absolute atomic E-state index is 0.231. The molecule has 4 heteroatoms. The SMILES string of the molecule is CC(C)(c1cccc2c1C([Si](C)(C)CCO)c1ccccc1-2)c1cccc2c1C([Si](C)(C)CCO)c1ccccc1-2. The van der Waals surface area contributed by atoms with Gasteiger partial charge in [-0.05, 0) is 67.7 Å². The van der Waals surface area contributed by atoms with Gasteiger partial charge in [0, 0.05) is 29.7 Å². The van der Waals surface area contributed by atoms with E-state index in [9.17, 15) is 10.2 Å². The molecule has 0 spiro atoms. The molecule has 0 aliphatic heterocycles. The minimum Gasteiger partial charge on any atom is -0.397 e. The minimum atomic E-state index is -1.88. The number of rotatable bonds is 8. The second-order valence-electron chi connectivity index (χ2n) is 14.1. The van der Waals surface area contributed by atoms with Crippen LogP contribution in [-0.2, 0) is 5.41 Å². The van der Waals surface area contributed by atoms with Gasteiger partial charge in [-0.1, -0.05) is 125 Å². The number of hydrogen-bond acceptors (Lipinski definition) is 2. The zero-order chi connectivity index (χ0) is 29.2. The van der Waals surface area contributed by atoms with Crippen LogP contribution in [0.1, 0.15) is 58.3 Å². The molecule has 2 aliphatic rings. The number of fused-ring (bicyclic) bond motifs is 6. The van der Waals surface area contributed by atoms with E-state index in [1.54, 1.807) is 0 Å². The average molecular weight is 577 g/mol. The second-order valence-corrected chi connectivity index (χ2v) is 24.2. The number of aliphatic hydroxyl groups excluding tert-OH is 2. The molecule has 0 heterocycles. The van der Waals surface area contributed by atoms with E-state index in [-0.39, 0.29) is 18.6 Å². The molecule has 2 unspecified atom stereocenters. The lowest BCUT2D eigenvalue weighted by Crippen LogP contribution is -2.38. The van der Waals surface area contributed by atoms with Crippen LogP contribution < -0.4 is 0 Å². The molecule has 4 aromatic carbocycles. The maximum atomic E-state index is 10.1. The molecule has 2 nitrogen and oxygen atoms in total. The van der Waals surface area contributed by atoms with Crippen molar-refractivity contribution in [1.29, 1.82) is 0 Å². The largest absolute Gasteiger partial charge is 0.397 e. The van der Waals surface area contributed by atoms with Gasteiger partial charge >= 0.3 is 0 Å². The molecule has 0 amide bonds. The highest BCUT2D eigenvalue weighted by Gasteiger charge is 2.47. The van der Waals surface area contributed by atoms with E-state index in [4.69, 9.17) is 0 Å². The van der Waals surface area contributed by atoms with Crippen molar-refractivity contribution < 1.29 is 10.2 Å². The first-order valence-electron chi connectivity index (χ1n) is 15.2. The van der Waals surface area contributed by atoms with Crippen LogP contribution in [0.15, 0.2) is 84.9 Å². The molecule has 2 N–H and O–H groups in total. The molecule has 4 aromatic rings. The van der Waals surface area contributed by atoms with Gasteiger partial charge < -0.3 is 10.2 Å². The van der Waals surface area contributed by atoms with E-state index in [0.29, 0.717) is 11.1 Å². The smallest absolute Gasteiger partial charge is 0.0627 e. The first-order chi connectivity index (χ1) is 19.5. The molecular formula is C37H44O2Si2. The fourth-order valence-corrected chi connectivity index (χ4v) is 14.3. The van der Waals surface area contributed by atoms with E-state index in [2.05, 4.69) is 125 Å². The predicted molar refractivity (Wildman–Crippen MR) is 178 cm³/mol. The fraction of sp³-hybridized carbons (Fsp3) is 0.351. The number of aliphatic hydroxyl groups is 2. The van der Waals surface area contributed by atoms with Crippen molar-refractivity contribution in [2.75, 3.05) is 13.2 Å². The van der Waals surface area contributed by atoms with Gasteiger partial charge in [0.25, 0.3) is 0 Å². The lowest BCUT2D eigenvalue weighted by molar-refractivity contribution is 0.315. The highest BCUT2D eigenvalue weighted by Crippen LogP contribution is 2.57. The molecule has 0 saturated carbocycles. The maximum absolute atomic E-state index is 10.1. The molecule has 212 valence electrons. The van der Waals surface area contributed by atoms with Gasteiger partial charge in [0.1, 0.15) is 0 Å². The zero-order valence-corrected chi connectivity index (χ0v) is 27.5. The van der Waals surface area contributed by atoms with E-state index >= 15 is 0 Å². The average Bonchev–Trinajstić information content (AvgIpc) is 3.47. The monoisotopic (exact) mass is 576 g/mol. The highest BCUT2D eigenvalue weighted by atomic mass is 28.3. The Balaban J connectivity index is 1.60. The first kappa shape index (κ1) is 28.4. The van der Waals surface area contributed by atoms with Gasteiger partial charge in [-0.3, -0.25) is 0 Å². The van der Waals surface area contributed by atoms with Crippen molar-refractivity contribution in [2.24, 2.45) is 0 Å². The van der Waals surface area contributed by atoms with Crippen LogP contribution in [0.5, 0.6) is 0 Å². The lowest BCUT2D eigenvalue weighted by Gasteiger charge is -2.39. The van der Waals surface area contributed by atoms with Gasteiger partial charge in [-0.25, -0.2) is 0 Å². The molecule has 0 saturated heterocycles. The third kappa shape index (κ3) is 4.34. The predicted octanol–water partition coefficient (Wildman–Crippen LogP) is 8.72. The van der Waals surface area contributed by atoms with Crippen LogP contribution in [0.4, 0.5) is 0 Å². The summed E-state index contributed by atoms with van der Waals surface area (Å²) < 4.78 is 0. The summed E-state index contributed by atoms with van der Waals surface area (Å²) in [6.45, 7) is 15.2. The van der Waals surface area contributed by atoms with Crippen LogP contribution in [-0.4, -0.2) is 39.6 Å². The summed E-state index contributed by atoms with van der Waals surface area (Å²) in [5.74, 6) is 0. The van der Waals surface area contributed by atoms with Gasteiger partial charge in [0.05, 0.1) is 16.1 Å². The maximum Gasteiger partial charge on any atom is 0.0627 e. The first-order valence-corrected chi connectivity index (χ1v) is 21.8. The molecule has 0 fully saturated rings. The summed E-state index contributed by atoms with van der Waals surface area (Å²) in [4.78, 5) is 0. The molecular weight excluding hydrogens is 533 g/mol. The summed E-state index contributed by atoms with van der Waals surface area (Å²) in [5, 5.41) is 20.3. The molecule has 6 rings (SSSR count). The van der Waals surface area contributed by atoms with Crippen molar-refractivity contribution >= 4 is 16.1 Å². The normalized spacial score (nSPS) is 17.7. The highest BCUT2D eigenvalue weighted by molar-refractivity contribution is 6.80. The molecule has 0 radical (unpaired) electrons. The Bertz CT molecular complexity index is 1500. The Morgan fingerprint density at radius 3 is 1.29 bits per heavy atom. The van der Waals surface area contributed by atoms with Gasteiger partial charge in [0.15, 0.2) is 0 Å². The Morgan fingerprint density at radius 2 is 0.902 bits per heavy atom. The molecule has 2 atom stereocenters. The molecule has 2 aliphatic carbocycles. The summed E-state index contributed by atoms with van der Waals surface area (Å²) in [6, 6.07) is 33.7. The van der Waals surface area contributed by atoms with Crippen LogP contribution in [0.3, 0.4) is 0 Å².